The van der Waals surface area contributed by atoms with Gasteiger partial charge in [-0.2, -0.15) is 13.9 Å². The molecule has 0 spiro atoms. The fraction of sp³-hybridized carbons (Fsp3) is 0.136. The van der Waals surface area contributed by atoms with Gasteiger partial charge in [-0.25, -0.2) is 24.1 Å². The third-order valence-corrected chi connectivity index (χ3v) is 4.95. The van der Waals surface area contributed by atoms with Crippen LogP contribution in [0.2, 0.25) is 0 Å². The Morgan fingerprint density at radius 2 is 1.79 bits per heavy atom. The first-order valence-electron chi connectivity index (χ1n) is 10.1. The van der Waals surface area contributed by atoms with Gasteiger partial charge in [0.05, 0.1) is 31.8 Å². The molecule has 0 aliphatic rings. The number of pyridine rings is 2. The first-order chi connectivity index (χ1) is 16.5. The Kier molecular flexibility index (Phi) is 5.46. The molecule has 12 heteroatoms. The summed E-state index contributed by atoms with van der Waals surface area (Å²) < 4.78 is 38.3. The molecular formula is C22H18F2N8O2. The lowest BCUT2D eigenvalue weighted by Gasteiger charge is -2.08. The number of halogens is 2. The van der Waals surface area contributed by atoms with Gasteiger partial charge >= 0.3 is 6.55 Å². The van der Waals surface area contributed by atoms with Crippen molar-refractivity contribution in [2.24, 2.45) is 0 Å². The van der Waals surface area contributed by atoms with Gasteiger partial charge in [-0.05, 0) is 24.3 Å². The van der Waals surface area contributed by atoms with E-state index < -0.39 is 6.55 Å². The van der Waals surface area contributed by atoms with Gasteiger partial charge in [0.25, 0.3) is 5.88 Å². The van der Waals surface area contributed by atoms with Crippen molar-refractivity contribution in [2.45, 2.75) is 6.55 Å². The Morgan fingerprint density at radius 3 is 2.56 bits per heavy atom. The van der Waals surface area contributed by atoms with E-state index in [1.165, 1.54) is 19.5 Å². The van der Waals surface area contributed by atoms with Gasteiger partial charge in [0, 0.05) is 35.8 Å². The molecule has 0 radical (unpaired) electrons. The standard InChI is InChI=1S/C22H18F2N8O2/c1-33-17-8-13(10-25-21(17)34-2)16-6-7-31-20(28-16)9-19(30-31)29-18-5-3-4-15(27-18)14-11-26-32(12-14)22(23)24/h3-12,22H,1-2H3,(H,27,29,30). The molecule has 0 atom stereocenters. The van der Waals surface area contributed by atoms with Crippen molar-refractivity contribution in [3.05, 3.63) is 61.2 Å². The van der Waals surface area contributed by atoms with E-state index in [1.807, 2.05) is 6.07 Å². The number of methoxy groups -OCH3 is 2. The highest BCUT2D eigenvalue weighted by molar-refractivity contribution is 5.66. The second kappa shape index (κ2) is 8.73. The highest BCUT2D eigenvalue weighted by Gasteiger charge is 2.12. The minimum absolute atomic E-state index is 0.388. The summed E-state index contributed by atoms with van der Waals surface area (Å²) in [6.07, 6.45) is 6.03. The Bertz CT molecular complexity index is 1470. The second-order valence-electron chi connectivity index (χ2n) is 7.10. The van der Waals surface area contributed by atoms with Gasteiger partial charge in [-0.15, -0.1) is 5.10 Å². The number of aromatic nitrogens is 7. The number of hydrogen-bond donors (Lipinski definition) is 1. The van der Waals surface area contributed by atoms with Crippen LogP contribution in [0.1, 0.15) is 6.55 Å². The largest absolute Gasteiger partial charge is 0.491 e. The summed E-state index contributed by atoms with van der Waals surface area (Å²) in [5.74, 6) is 1.90. The smallest absolute Gasteiger partial charge is 0.333 e. The van der Waals surface area contributed by atoms with E-state index in [2.05, 4.69) is 30.5 Å². The van der Waals surface area contributed by atoms with Crippen LogP contribution in [0.5, 0.6) is 11.6 Å². The van der Waals surface area contributed by atoms with E-state index in [9.17, 15) is 8.78 Å². The van der Waals surface area contributed by atoms with E-state index in [0.717, 1.165) is 5.56 Å². The SMILES string of the molecule is COc1cc(-c2ccn3nc(Nc4cccc(-c5cnn(C(F)F)c5)n4)cc3n2)cnc1OC. The molecule has 1 N–H and O–H groups in total. The zero-order valence-electron chi connectivity index (χ0n) is 18.1. The average Bonchev–Trinajstić information content (AvgIpc) is 3.50. The van der Waals surface area contributed by atoms with Crippen molar-refractivity contribution in [2.75, 3.05) is 19.5 Å². The molecule has 0 unspecified atom stereocenters. The van der Waals surface area contributed by atoms with Crippen LogP contribution in [0.15, 0.2) is 61.2 Å². The van der Waals surface area contributed by atoms with E-state index in [4.69, 9.17) is 9.47 Å². The summed E-state index contributed by atoms with van der Waals surface area (Å²) in [7, 11) is 3.07. The molecule has 0 aromatic carbocycles. The van der Waals surface area contributed by atoms with Gasteiger partial charge in [0.15, 0.2) is 17.2 Å². The number of alkyl halides is 2. The number of anilines is 2. The van der Waals surface area contributed by atoms with E-state index >= 15 is 0 Å². The summed E-state index contributed by atoms with van der Waals surface area (Å²) in [6, 6.07) is 10.6. The van der Waals surface area contributed by atoms with Crippen LogP contribution >= 0.6 is 0 Å². The molecule has 0 aliphatic heterocycles. The molecule has 5 heterocycles. The summed E-state index contributed by atoms with van der Waals surface area (Å²) in [5.41, 5.74) is 3.03. The molecule has 0 aliphatic carbocycles. The number of rotatable bonds is 7. The molecule has 0 bridgehead atoms. The summed E-state index contributed by atoms with van der Waals surface area (Å²) >= 11 is 0. The molecule has 0 saturated carbocycles. The van der Waals surface area contributed by atoms with Crippen molar-refractivity contribution >= 4 is 17.3 Å². The van der Waals surface area contributed by atoms with Gasteiger partial charge in [0.1, 0.15) is 5.82 Å². The number of hydrogen-bond acceptors (Lipinski definition) is 8. The second-order valence-corrected chi connectivity index (χ2v) is 7.10. The highest BCUT2D eigenvalue weighted by Crippen LogP contribution is 2.29. The van der Waals surface area contributed by atoms with E-state index in [-0.39, 0.29) is 0 Å². The molecule has 5 aromatic heterocycles. The third kappa shape index (κ3) is 4.08. The van der Waals surface area contributed by atoms with Gasteiger partial charge in [-0.3, -0.25) is 0 Å². The summed E-state index contributed by atoms with van der Waals surface area (Å²) in [4.78, 5) is 13.4. The normalized spacial score (nSPS) is 11.2. The third-order valence-electron chi connectivity index (χ3n) is 4.95. The summed E-state index contributed by atoms with van der Waals surface area (Å²) in [6.45, 7) is -2.71. The van der Waals surface area contributed by atoms with Crippen molar-refractivity contribution in [1.82, 2.24) is 34.3 Å². The molecule has 5 rings (SSSR count). The first-order valence-corrected chi connectivity index (χ1v) is 10.1. The van der Waals surface area contributed by atoms with E-state index in [0.29, 0.717) is 50.5 Å². The molecule has 0 saturated heterocycles. The lowest BCUT2D eigenvalue weighted by atomic mass is 10.2. The van der Waals surface area contributed by atoms with E-state index in [1.54, 1.807) is 54.4 Å². The fourth-order valence-corrected chi connectivity index (χ4v) is 3.35. The minimum Gasteiger partial charge on any atom is -0.491 e. The molecule has 172 valence electrons. The van der Waals surface area contributed by atoms with Crippen LogP contribution < -0.4 is 14.8 Å². The highest BCUT2D eigenvalue weighted by atomic mass is 19.3. The zero-order valence-corrected chi connectivity index (χ0v) is 18.1. The van der Waals surface area contributed by atoms with Crippen LogP contribution in [0, 0.1) is 0 Å². The van der Waals surface area contributed by atoms with Crippen LogP contribution in [-0.4, -0.2) is 48.6 Å². The quantitative estimate of drug-likeness (QED) is 0.382. The Labute approximate surface area is 191 Å². The van der Waals surface area contributed by atoms with Crippen LogP contribution in [0.25, 0.3) is 28.2 Å². The maximum atomic E-state index is 12.8. The Morgan fingerprint density at radius 1 is 0.941 bits per heavy atom. The van der Waals surface area contributed by atoms with Crippen molar-refractivity contribution in [1.29, 1.82) is 0 Å². The monoisotopic (exact) mass is 464 g/mol. The Hall–Kier alpha value is -4.61. The average molecular weight is 464 g/mol. The maximum Gasteiger partial charge on any atom is 0.333 e. The fourth-order valence-electron chi connectivity index (χ4n) is 3.35. The predicted molar refractivity (Wildman–Crippen MR) is 119 cm³/mol. The number of nitrogens with zero attached hydrogens (tertiary/aromatic N) is 7. The molecule has 0 amide bonds. The number of fused-ring (bicyclic) bond motifs is 1. The van der Waals surface area contributed by atoms with Crippen LogP contribution in [0.3, 0.4) is 0 Å². The Balaban J connectivity index is 1.40. The molecular weight excluding hydrogens is 446 g/mol. The summed E-state index contributed by atoms with van der Waals surface area (Å²) in [5, 5.41) is 11.2. The van der Waals surface area contributed by atoms with Crippen LogP contribution in [0.4, 0.5) is 20.4 Å². The molecule has 34 heavy (non-hydrogen) atoms. The number of ether oxygens (including phenoxy) is 2. The van der Waals surface area contributed by atoms with Crippen molar-refractivity contribution in [3.63, 3.8) is 0 Å². The number of nitrogens with one attached hydrogen (secondary N) is 1. The van der Waals surface area contributed by atoms with Gasteiger partial charge < -0.3 is 14.8 Å². The molecule has 0 fully saturated rings. The topological polar surface area (TPSA) is 104 Å². The zero-order chi connectivity index (χ0) is 23.7. The van der Waals surface area contributed by atoms with Crippen molar-refractivity contribution in [3.8, 4) is 34.1 Å². The minimum atomic E-state index is -2.71. The van der Waals surface area contributed by atoms with Crippen LogP contribution in [-0.2, 0) is 0 Å². The lowest BCUT2D eigenvalue weighted by Crippen LogP contribution is -1.97. The lowest BCUT2D eigenvalue weighted by molar-refractivity contribution is 0.0566. The molecule has 10 nitrogen and oxygen atoms in total. The van der Waals surface area contributed by atoms with Gasteiger partial charge in [0.2, 0.25) is 0 Å². The van der Waals surface area contributed by atoms with Gasteiger partial charge in [-0.1, -0.05) is 6.07 Å². The molecule has 5 aromatic rings. The predicted octanol–water partition coefficient (Wildman–Crippen LogP) is 4.21. The van der Waals surface area contributed by atoms with Crippen molar-refractivity contribution < 1.29 is 18.3 Å². The first kappa shape index (κ1) is 21.2. The maximum absolute atomic E-state index is 12.8.